The van der Waals surface area contributed by atoms with Crippen LogP contribution in [0.1, 0.15) is 21.7 Å². The number of halogens is 2. The molecule has 0 aliphatic rings. The number of hydrogen-bond donors (Lipinski definition) is 0. The van der Waals surface area contributed by atoms with Gasteiger partial charge in [-0.1, -0.05) is 53.5 Å². The van der Waals surface area contributed by atoms with Crippen LogP contribution in [0.4, 0.5) is 0 Å². The molecule has 0 saturated carbocycles. The fourth-order valence-electron chi connectivity index (χ4n) is 3.73. The number of fused-ring (bicyclic) bond motifs is 1. The molecule has 0 spiro atoms. The van der Waals surface area contributed by atoms with Crippen LogP contribution in [-0.4, -0.2) is 28.7 Å². The van der Waals surface area contributed by atoms with E-state index in [1.807, 2.05) is 66.9 Å². The lowest BCUT2D eigenvalue weighted by Crippen LogP contribution is -2.16. The molecule has 4 nitrogen and oxygen atoms in total. The summed E-state index contributed by atoms with van der Waals surface area (Å²) in [5.74, 6) is -0.549. The number of carbonyl (C=O) groups excluding carboxylic acids is 2. The van der Waals surface area contributed by atoms with Crippen molar-refractivity contribution in [3.63, 3.8) is 0 Å². The first-order valence-corrected chi connectivity index (χ1v) is 12.0. The van der Waals surface area contributed by atoms with Crippen LogP contribution in [0.15, 0.2) is 71.6 Å². The standard InChI is InChI=1S/C26H21Cl2NO3S/c1-16-11-22(17(2)29(16)20-8-10-23(27)24(28)13-20)25(30)14-32-26(31)15-33-21-9-7-18-5-3-4-6-19(18)12-21/h3-13H,14-15H2,1-2H3. The molecule has 4 rings (SSSR count). The lowest BCUT2D eigenvalue weighted by molar-refractivity contribution is -0.139. The molecule has 4 aromatic rings. The number of carbonyl (C=O) groups is 2. The summed E-state index contributed by atoms with van der Waals surface area (Å²) < 4.78 is 7.18. The van der Waals surface area contributed by atoms with Gasteiger partial charge in [-0.2, -0.15) is 0 Å². The Morgan fingerprint density at radius 2 is 1.67 bits per heavy atom. The Labute approximate surface area is 206 Å². The summed E-state index contributed by atoms with van der Waals surface area (Å²) in [7, 11) is 0. The molecule has 0 unspecified atom stereocenters. The number of esters is 1. The van der Waals surface area contributed by atoms with E-state index in [2.05, 4.69) is 0 Å². The van der Waals surface area contributed by atoms with Gasteiger partial charge in [-0.05, 0) is 61.0 Å². The number of ether oxygens (including phenoxy) is 1. The van der Waals surface area contributed by atoms with E-state index < -0.39 is 5.97 Å². The highest BCUT2D eigenvalue weighted by atomic mass is 35.5. The van der Waals surface area contributed by atoms with Crippen molar-refractivity contribution in [1.29, 1.82) is 0 Å². The maximum absolute atomic E-state index is 12.8. The van der Waals surface area contributed by atoms with Crippen LogP contribution in [0.5, 0.6) is 0 Å². The second-order valence-electron chi connectivity index (χ2n) is 7.60. The summed E-state index contributed by atoms with van der Waals surface area (Å²) in [6.45, 7) is 3.45. The first-order chi connectivity index (χ1) is 15.8. The Balaban J connectivity index is 1.38. The minimum absolute atomic E-state index is 0.133. The zero-order chi connectivity index (χ0) is 23.5. The van der Waals surface area contributed by atoms with Crippen molar-refractivity contribution in [2.75, 3.05) is 12.4 Å². The van der Waals surface area contributed by atoms with Crippen LogP contribution in [0.3, 0.4) is 0 Å². The lowest BCUT2D eigenvalue weighted by atomic mass is 10.1. The van der Waals surface area contributed by atoms with Crippen LogP contribution in [-0.2, 0) is 9.53 Å². The summed E-state index contributed by atoms with van der Waals surface area (Å²) in [4.78, 5) is 26.0. The number of nitrogens with zero attached hydrogens (tertiary/aromatic N) is 1. The molecule has 7 heteroatoms. The molecule has 0 radical (unpaired) electrons. The summed E-state index contributed by atoms with van der Waals surface area (Å²) in [5, 5.41) is 3.16. The fourth-order valence-corrected chi connectivity index (χ4v) is 4.77. The molecular formula is C26H21Cl2NO3S. The van der Waals surface area contributed by atoms with Crippen molar-refractivity contribution >= 4 is 57.5 Å². The summed E-state index contributed by atoms with van der Waals surface area (Å²) in [6.07, 6.45) is 0. The Bertz CT molecular complexity index is 1360. The molecule has 0 aliphatic carbocycles. The van der Waals surface area contributed by atoms with Gasteiger partial charge >= 0.3 is 5.97 Å². The molecule has 33 heavy (non-hydrogen) atoms. The topological polar surface area (TPSA) is 48.3 Å². The zero-order valence-electron chi connectivity index (χ0n) is 18.1. The van der Waals surface area contributed by atoms with Crippen molar-refractivity contribution in [1.82, 2.24) is 4.57 Å². The molecule has 168 valence electrons. The molecular weight excluding hydrogens is 477 g/mol. The predicted octanol–water partition coefficient (Wildman–Crippen LogP) is 7.07. The van der Waals surface area contributed by atoms with Crippen LogP contribution >= 0.6 is 35.0 Å². The van der Waals surface area contributed by atoms with Crippen LogP contribution in [0.25, 0.3) is 16.5 Å². The largest absolute Gasteiger partial charge is 0.457 e. The Kier molecular flexibility index (Phi) is 7.13. The number of thioether (sulfide) groups is 1. The Hall–Kier alpha value is -2.73. The first kappa shape index (κ1) is 23.4. The third-order valence-electron chi connectivity index (χ3n) is 5.33. The molecule has 0 atom stereocenters. The third-order valence-corrected chi connectivity index (χ3v) is 7.04. The van der Waals surface area contributed by atoms with Crippen molar-refractivity contribution in [3.05, 3.63) is 93.7 Å². The molecule has 0 bridgehead atoms. The lowest BCUT2D eigenvalue weighted by Gasteiger charge is -2.11. The van der Waals surface area contributed by atoms with Gasteiger partial charge in [0.15, 0.2) is 6.61 Å². The zero-order valence-corrected chi connectivity index (χ0v) is 20.4. The van der Waals surface area contributed by atoms with E-state index >= 15 is 0 Å². The van der Waals surface area contributed by atoms with Crippen molar-refractivity contribution < 1.29 is 14.3 Å². The second kappa shape index (κ2) is 10.0. The van der Waals surface area contributed by atoms with Crippen LogP contribution in [0, 0.1) is 13.8 Å². The average molecular weight is 498 g/mol. The van der Waals surface area contributed by atoms with E-state index in [0.29, 0.717) is 15.6 Å². The van der Waals surface area contributed by atoms with Gasteiger partial charge < -0.3 is 9.30 Å². The van der Waals surface area contributed by atoms with Crippen LogP contribution in [0.2, 0.25) is 10.0 Å². The third kappa shape index (κ3) is 5.27. The van der Waals surface area contributed by atoms with Crippen molar-refractivity contribution in [3.8, 4) is 5.69 Å². The highest BCUT2D eigenvalue weighted by Crippen LogP contribution is 2.28. The number of Topliss-reactive ketones (excluding diaryl/α,β-unsaturated/α-hetero) is 1. The quantitative estimate of drug-likeness (QED) is 0.155. The summed E-state index contributed by atoms with van der Waals surface area (Å²) in [6, 6.07) is 21.2. The molecule has 1 aromatic heterocycles. The van der Waals surface area contributed by atoms with Crippen LogP contribution < -0.4 is 0 Å². The second-order valence-corrected chi connectivity index (χ2v) is 9.46. The number of aromatic nitrogens is 1. The number of hydrogen-bond acceptors (Lipinski definition) is 4. The SMILES string of the molecule is Cc1cc(C(=O)COC(=O)CSc2ccc3ccccc3c2)c(C)n1-c1ccc(Cl)c(Cl)c1. The fraction of sp³-hybridized carbons (Fsp3) is 0.154. The summed E-state index contributed by atoms with van der Waals surface area (Å²) >= 11 is 13.6. The van der Waals surface area contributed by atoms with Gasteiger partial charge in [-0.15, -0.1) is 11.8 Å². The number of rotatable bonds is 7. The smallest absolute Gasteiger partial charge is 0.316 e. The molecule has 0 fully saturated rings. The van der Waals surface area contributed by atoms with Gasteiger partial charge in [-0.25, -0.2) is 0 Å². The molecule has 0 saturated heterocycles. The van der Waals surface area contributed by atoms with Gasteiger partial charge in [-0.3, -0.25) is 9.59 Å². The van der Waals surface area contributed by atoms with E-state index in [9.17, 15) is 9.59 Å². The molecule has 0 N–H and O–H groups in total. The molecule has 0 aliphatic heterocycles. The van der Waals surface area contributed by atoms with Crippen molar-refractivity contribution in [2.45, 2.75) is 18.7 Å². The van der Waals surface area contributed by atoms with Gasteiger partial charge in [0.25, 0.3) is 0 Å². The van der Waals surface area contributed by atoms with E-state index in [4.69, 9.17) is 27.9 Å². The highest BCUT2D eigenvalue weighted by molar-refractivity contribution is 8.00. The van der Waals surface area contributed by atoms with Gasteiger partial charge in [0.2, 0.25) is 5.78 Å². The van der Waals surface area contributed by atoms with E-state index in [1.54, 1.807) is 18.2 Å². The first-order valence-electron chi connectivity index (χ1n) is 10.3. The minimum atomic E-state index is -0.431. The van der Waals surface area contributed by atoms with Gasteiger partial charge in [0, 0.05) is 27.5 Å². The predicted molar refractivity (Wildman–Crippen MR) is 135 cm³/mol. The highest BCUT2D eigenvalue weighted by Gasteiger charge is 2.19. The maximum atomic E-state index is 12.8. The maximum Gasteiger partial charge on any atom is 0.316 e. The molecule has 1 heterocycles. The van der Waals surface area contributed by atoms with E-state index in [-0.39, 0.29) is 18.1 Å². The number of aryl methyl sites for hydroxylation is 1. The average Bonchev–Trinajstić information content (AvgIpc) is 3.11. The van der Waals surface area contributed by atoms with Gasteiger partial charge in [0.05, 0.1) is 15.8 Å². The summed E-state index contributed by atoms with van der Waals surface area (Å²) in [5.41, 5.74) is 2.93. The number of ketones is 1. The normalized spacial score (nSPS) is 11.0. The Morgan fingerprint density at radius 1 is 0.909 bits per heavy atom. The van der Waals surface area contributed by atoms with E-state index in [1.165, 1.54) is 11.8 Å². The van der Waals surface area contributed by atoms with E-state index in [0.717, 1.165) is 32.7 Å². The van der Waals surface area contributed by atoms with Gasteiger partial charge in [0.1, 0.15) is 0 Å². The number of benzene rings is 3. The minimum Gasteiger partial charge on any atom is -0.457 e. The Morgan fingerprint density at radius 3 is 2.42 bits per heavy atom. The van der Waals surface area contributed by atoms with Crippen molar-refractivity contribution in [2.24, 2.45) is 0 Å². The monoisotopic (exact) mass is 497 g/mol. The molecule has 0 amide bonds. The molecule has 3 aromatic carbocycles.